The molecule has 0 unspecified atom stereocenters. The van der Waals surface area contributed by atoms with Crippen LogP contribution in [0.15, 0.2) is 41.3 Å². The Labute approximate surface area is 228 Å². The lowest BCUT2D eigenvalue weighted by Crippen LogP contribution is -2.38. The van der Waals surface area contributed by atoms with Gasteiger partial charge < -0.3 is 14.6 Å². The van der Waals surface area contributed by atoms with Crippen LogP contribution in [-0.4, -0.2) is 77.1 Å². The molecule has 0 aromatic heterocycles. The first-order valence-electron chi connectivity index (χ1n) is 11.3. The van der Waals surface area contributed by atoms with Crippen LogP contribution in [0.5, 0.6) is 5.75 Å². The van der Waals surface area contributed by atoms with Crippen molar-refractivity contribution in [3.63, 3.8) is 0 Å². The molecular formula is C25H24Cl2N2O5S2. The molecule has 0 radical (unpaired) electrons. The quantitative estimate of drug-likeness (QED) is 0.334. The minimum atomic E-state index is -0.989. The fraction of sp³-hybridized carbons (Fsp3) is 0.320. The highest BCUT2D eigenvalue weighted by Gasteiger charge is 2.32. The Balaban J connectivity index is 1.61. The molecule has 36 heavy (non-hydrogen) atoms. The number of carboxylic acids is 1. The number of aliphatic carboxylic acids is 1. The first-order chi connectivity index (χ1) is 17.3. The summed E-state index contributed by atoms with van der Waals surface area (Å²) in [5, 5.41) is 10.0. The van der Waals surface area contributed by atoms with Gasteiger partial charge in [0.1, 0.15) is 16.7 Å². The molecule has 190 valence electrons. The predicted octanol–water partition coefficient (Wildman–Crippen LogP) is 5.05. The standard InChI is InChI=1S/C25H24Cl2N2O5S2/c26-19-12-17(13-20(27)15-19)16-1-2-21(34-10-7-28-5-8-33-9-6-28)18(11-16)14-22-24(32)29(25(35)36-22)4-3-23(30)31/h1-2,11-15H,3-10H2,(H,30,31)/b22-14-. The largest absolute Gasteiger partial charge is 0.492 e. The van der Waals surface area contributed by atoms with Gasteiger partial charge in [-0.05, 0) is 47.5 Å². The maximum Gasteiger partial charge on any atom is 0.305 e. The van der Waals surface area contributed by atoms with Gasteiger partial charge in [-0.1, -0.05) is 53.2 Å². The number of hydrogen-bond acceptors (Lipinski definition) is 7. The lowest BCUT2D eigenvalue weighted by molar-refractivity contribution is -0.137. The molecule has 2 saturated heterocycles. The molecule has 1 N–H and O–H groups in total. The predicted molar refractivity (Wildman–Crippen MR) is 147 cm³/mol. The van der Waals surface area contributed by atoms with Gasteiger partial charge in [0.05, 0.1) is 24.5 Å². The number of benzene rings is 2. The number of carbonyl (C=O) groups excluding carboxylic acids is 1. The molecule has 2 aromatic rings. The number of hydrogen-bond donors (Lipinski definition) is 1. The number of thioether (sulfide) groups is 1. The van der Waals surface area contributed by atoms with Crippen molar-refractivity contribution in [1.29, 1.82) is 0 Å². The van der Waals surface area contributed by atoms with E-state index in [9.17, 15) is 9.59 Å². The van der Waals surface area contributed by atoms with Crippen LogP contribution in [0.4, 0.5) is 0 Å². The Morgan fingerprint density at radius 3 is 2.53 bits per heavy atom. The van der Waals surface area contributed by atoms with Crippen molar-refractivity contribution in [1.82, 2.24) is 9.80 Å². The number of halogens is 2. The summed E-state index contributed by atoms with van der Waals surface area (Å²) in [6.45, 7) is 4.42. The van der Waals surface area contributed by atoms with E-state index in [4.69, 9.17) is 50.0 Å². The summed E-state index contributed by atoms with van der Waals surface area (Å²) < 4.78 is 11.9. The molecule has 2 fully saturated rings. The second kappa shape index (κ2) is 12.4. The van der Waals surface area contributed by atoms with Crippen molar-refractivity contribution in [2.75, 3.05) is 46.0 Å². The summed E-state index contributed by atoms with van der Waals surface area (Å²) in [7, 11) is 0. The maximum absolute atomic E-state index is 13.0. The molecule has 2 aliphatic rings. The van der Waals surface area contributed by atoms with Crippen LogP contribution in [0, 0.1) is 0 Å². The number of rotatable bonds is 9. The van der Waals surface area contributed by atoms with Gasteiger partial charge in [-0.3, -0.25) is 19.4 Å². The van der Waals surface area contributed by atoms with Gasteiger partial charge in [0.25, 0.3) is 5.91 Å². The van der Waals surface area contributed by atoms with Crippen molar-refractivity contribution >= 4 is 69.5 Å². The lowest BCUT2D eigenvalue weighted by Gasteiger charge is -2.26. The van der Waals surface area contributed by atoms with Gasteiger partial charge in [0, 0.05) is 41.8 Å². The van der Waals surface area contributed by atoms with Gasteiger partial charge in [0.2, 0.25) is 0 Å². The molecule has 2 aliphatic heterocycles. The molecule has 2 aromatic carbocycles. The average molecular weight is 568 g/mol. The molecule has 1 amide bonds. The number of carbonyl (C=O) groups is 2. The zero-order chi connectivity index (χ0) is 25.7. The molecule has 0 aliphatic carbocycles. The number of thiocarbonyl (C=S) groups is 1. The second-order valence-corrected chi connectivity index (χ2v) is 10.7. The lowest BCUT2D eigenvalue weighted by atomic mass is 10.0. The highest BCUT2D eigenvalue weighted by molar-refractivity contribution is 8.26. The number of carboxylic acid groups (broad SMARTS) is 1. The Bertz CT molecular complexity index is 1180. The van der Waals surface area contributed by atoms with Crippen LogP contribution < -0.4 is 4.74 Å². The van der Waals surface area contributed by atoms with Crippen molar-refractivity contribution in [3.8, 4) is 16.9 Å². The number of amides is 1. The molecule has 2 heterocycles. The van der Waals surface area contributed by atoms with Crippen LogP contribution in [0.3, 0.4) is 0 Å². The number of ether oxygens (including phenoxy) is 2. The van der Waals surface area contributed by atoms with E-state index in [2.05, 4.69) is 4.90 Å². The van der Waals surface area contributed by atoms with E-state index in [1.165, 1.54) is 4.90 Å². The molecule has 4 rings (SSSR count). The molecule has 0 bridgehead atoms. The number of morpholine rings is 1. The summed E-state index contributed by atoms with van der Waals surface area (Å²) >= 11 is 18.9. The third-order valence-corrected chi connectivity index (χ3v) is 7.50. The van der Waals surface area contributed by atoms with Gasteiger partial charge >= 0.3 is 5.97 Å². The summed E-state index contributed by atoms with van der Waals surface area (Å²) in [4.78, 5) is 27.9. The third kappa shape index (κ3) is 7.00. The monoisotopic (exact) mass is 566 g/mol. The van der Waals surface area contributed by atoms with E-state index in [0.717, 1.165) is 42.5 Å². The van der Waals surface area contributed by atoms with Gasteiger partial charge in [-0.25, -0.2) is 0 Å². The Kier molecular flexibility index (Phi) is 9.27. The number of nitrogens with zero attached hydrogens (tertiary/aromatic N) is 2. The van der Waals surface area contributed by atoms with E-state index in [-0.39, 0.29) is 18.9 Å². The average Bonchev–Trinajstić information content (AvgIpc) is 3.10. The molecule has 0 atom stereocenters. The Hall–Kier alpha value is -2.14. The minimum Gasteiger partial charge on any atom is -0.492 e. The molecule has 11 heteroatoms. The van der Waals surface area contributed by atoms with Crippen LogP contribution >= 0.6 is 47.2 Å². The molecule has 0 spiro atoms. The summed E-state index contributed by atoms with van der Waals surface area (Å²) in [5.41, 5.74) is 2.38. The van der Waals surface area contributed by atoms with Gasteiger partial charge in [-0.2, -0.15) is 0 Å². The normalized spacial score (nSPS) is 17.7. The van der Waals surface area contributed by atoms with Gasteiger partial charge in [-0.15, -0.1) is 0 Å². The topological polar surface area (TPSA) is 79.3 Å². The fourth-order valence-electron chi connectivity index (χ4n) is 3.84. The zero-order valence-corrected chi connectivity index (χ0v) is 22.4. The van der Waals surface area contributed by atoms with Crippen LogP contribution in [0.1, 0.15) is 12.0 Å². The van der Waals surface area contributed by atoms with Crippen LogP contribution in [-0.2, 0) is 14.3 Å². The summed E-state index contributed by atoms with van der Waals surface area (Å²) in [6.07, 6.45) is 1.56. The second-order valence-electron chi connectivity index (χ2n) is 8.19. The Morgan fingerprint density at radius 2 is 1.83 bits per heavy atom. The van der Waals surface area contributed by atoms with Crippen LogP contribution in [0.2, 0.25) is 10.0 Å². The Morgan fingerprint density at radius 1 is 1.11 bits per heavy atom. The zero-order valence-electron chi connectivity index (χ0n) is 19.2. The van der Waals surface area contributed by atoms with E-state index in [1.807, 2.05) is 30.3 Å². The minimum absolute atomic E-state index is 0.0291. The summed E-state index contributed by atoms with van der Waals surface area (Å²) in [5.74, 6) is -0.686. The van der Waals surface area contributed by atoms with Crippen molar-refractivity contribution in [2.24, 2.45) is 0 Å². The first kappa shape index (κ1) is 26.9. The molecule has 7 nitrogen and oxygen atoms in total. The van der Waals surface area contributed by atoms with Gasteiger partial charge in [0.15, 0.2) is 0 Å². The van der Waals surface area contributed by atoms with Crippen molar-refractivity contribution in [2.45, 2.75) is 6.42 Å². The van der Waals surface area contributed by atoms with E-state index in [0.29, 0.717) is 50.4 Å². The summed E-state index contributed by atoms with van der Waals surface area (Å²) in [6, 6.07) is 11.0. The highest BCUT2D eigenvalue weighted by Crippen LogP contribution is 2.36. The van der Waals surface area contributed by atoms with Crippen LogP contribution in [0.25, 0.3) is 17.2 Å². The van der Waals surface area contributed by atoms with Crippen molar-refractivity contribution < 1.29 is 24.2 Å². The fourth-order valence-corrected chi connectivity index (χ4v) is 5.67. The first-order valence-corrected chi connectivity index (χ1v) is 13.3. The van der Waals surface area contributed by atoms with E-state index in [1.54, 1.807) is 12.1 Å². The smallest absolute Gasteiger partial charge is 0.305 e. The van der Waals surface area contributed by atoms with E-state index >= 15 is 0 Å². The van der Waals surface area contributed by atoms with Crippen molar-refractivity contribution in [3.05, 3.63) is 56.9 Å². The third-order valence-electron chi connectivity index (χ3n) is 5.68. The highest BCUT2D eigenvalue weighted by atomic mass is 35.5. The SMILES string of the molecule is O=C(O)CCN1C(=O)/C(=C/c2cc(-c3cc(Cl)cc(Cl)c3)ccc2OCCN2CCOCC2)SC1=S. The molecule has 0 saturated carbocycles. The van der Waals surface area contributed by atoms with E-state index < -0.39 is 5.97 Å². The molecular weight excluding hydrogens is 543 g/mol. The maximum atomic E-state index is 13.0.